The molecule has 1 aliphatic rings. The van der Waals surface area contributed by atoms with Gasteiger partial charge in [-0.25, -0.2) is 0 Å². The van der Waals surface area contributed by atoms with Gasteiger partial charge in [-0.1, -0.05) is 19.8 Å². The molecule has 1 amide bonds. The van der Waals surface area contributed by atoms with Crippen LogP contribution in [0, 0.1) is 0 Å². The van der Waals surface area contributed by atoms with Crippen LogP contribution in [0.25, 0.3) is 0 Å². The third kappa shape index (κ3) is 3.02. The van der Waals surface area contributed by atoms with Gasteiger partial charge in [-0.05, 0) is 13.0 Å². The summed E-state index contributed by atoms with van der Waals surface area (Å²) in [7, 11) is 3.89. The summed E-state index contributed by atoms with van der Waals surface area (Å²) >= 11 is 0. The summed E-state index contributed by atoms with van der Waals surface area (Å²) in [6.07, 6.45) is 3.31. The van der Waals surface area contributed by atoms with Crippen LogP contribution in [0.15, 0.2) is 0 Å². The molecule has 1 rings (SSSR count). The van der Waals surface area contributed by atoms with Crippen LogP contribution in [0.1, 0.15) is 26.2 Å². The Labute approximate surface area is 91.5 Å². The summed E-state index contributed by atoms with van der Waals surface area (Å²) in [5, 5.41) is 5.12. The summed E-state index contributed by atoms with van der Waals surface area (Å²) in [5.41, 5.74) is 0. The zero-order valence-corrected chi connectivity index (χ0v) is 9.66. The Balaban J connectivity index is 2.18. The van der Waals surface area contributed by atoms with Gasteiger partial charge in [0, 0.05) is 0 Å². The molecule has 4 nitrogen and oxygen atoms in total. The number of hydrogen-bond donors (Lipinski definition) is 2. The molecule has 0 aliphatic carbocycles. The first-order valence-corrected chi connectivity index (χ1v) is 6.81. The van der Waals surface area contributed by atoms with E-state index < -0.39 is 15.8 Å². The van der Waals surface area contributed by atoms with Gasteiger partial charge in [0.25, 0.3) is 0 Å². The number of carbonyl (C=O) groups is 1. The van der Waals surface area contributed by atoms with Gasteiger partial charge in [0.15, 0.2) is 16.7 Å². The molecule has 0 aromatic carbocycles. The summed E-state index contributed by atoms with van der Waals surface area (Å²) in [6.45, 7) is 2.89. The first-order valence-electron chi connectivity index (χ1n) is 4.77. The zero-order valence-electron chi connectivity index (χ0n) is 8.09. The Kier molecular flexibility index (Phi) is 5.01. The second-order valence-electron chi connectivity index (χ2n) is 3.32. The van der Waals surface area contributed by atoms with E-state index in [1.807, 2.05) is 0 Å². The largest absolute Gasteiger partial charge is 0.597 e. The molecule has 0 aromatic heterocycles. The quantitative estimate of drug-likeness (QED) is 0.402. The third-order valence-corrected chi connectivity index (χ3v) is 3.58. The van der Waals surface area contributed by atoms with Gasteiger partial charge >= 0.3 is 0 Å². The van der Waals surface area contributed by atoms with Crippen LogP contribution in [0.5, 0.6) is 0 Å². The highest BCUT2D eigenvalue weighted by molar-refractivity contribution is 8.14. The molecular weight excluding hydrogens is 224 g/mol. The number of β-lactam (4-membered cyclic amide) rings is 1. The summed E-state index contributed by atoms with van der Waals surface area (Å²) in [5.74, 6) is -0.111. The zero-order chi connectivity index (χ0) is 10.6. The Morgan fingerprint density at radius 3 is 2.86 bits per heavy atom. The SMILES string of the molecule is CCCCCNC1C(=O)NC1[S+]([O-])Cl. The fourth-order valence-electron chi connectivity index (χ4n) is 1.34. The lowest BCUT2D eigenvalue weighted by Gasteiger charge is -2.34. The van der Waals surface area contributed by atoms with Crippen molar-refractivity contribution in [2.24, 2.45) is 0 Å². The average Bonchev–Trinajstić information content (AvgIpc) is 2.13. The predicted octanol–water partition coefficient (Wildman–Crippen LogP) is 0.493. The first kappa shape index (κ1) is 12.1. The van der Waals surface area contributed by atoms with Gasteiger partial charge in [-0.3, -0.25) is 10.1 Å². The number of amides is 1. The lowest BCUT2D eigenvalue weighted by molar-refractivity contribution is -0.129. The molecule has 0 radical (unpaired) electrons. The monoisotopic (exact) mass is 238 g/mol. The van der Waals surface area contributed by atoms with Crippen LogP contribution in [0.4, 0.5) is 0 Å². The molecule has 2 N–H and O–H groups in total. The van der Waals surface area contributed by atoms with Crippen LogP contribution in [0.2, 0.25) is 0 Å². The van der Waals surface area contributed by atoms with E-state index in [-0.39, 0.29) is 11.9 Å². The highest BCUT2D eigenvalue weighted by Crippen LogP contribution is 2.16. The number of halogens is 1. The van der Waals surface area contributed by atoms with E-state index >= 15 is 0 Å². The van der Waals surface area contributed by atoms with Crippen molar-refractivity contribution in [1.29, 1.82) is 0 Å². The number of hydrogen-bond acceptors (Lipinski definition) is 3. The fourth-order valence-corrected chi connectivity index (χ4v) is 2.43. The van der Waals surface area contributed by atoms with Gasteiger partial charge < -0.3 is 9.87 Å². The first-order chi connectivity index (χ1) is 6.66. The normalized spacial score (nSPS) is 28.1. The minimum atomic E-state index is -1.50. The number of carbonyl (C=O) groups excluding carboxylic acids is 1. The highest BCUT2D eigenvalue weighted by Gasteiger charge is 2.47. The van der Waals surface area contributed by atoms with Crippen molar-refractivity contribution in [2.45, 2.75) is 37.6 Å². The molecule has 14 heavy (non-hydrogen) atoms. The average molecular weight is 239 g/mol. The van der Waals surface area contributed by atoms with Crippen molar-refractivity contribution in [2.75, 3.05) is 6.54 Å². The molecule has 0 bridgehead atoms. The van der Waals surface area contributed by atoms with Crippen molar-refractivity contribution in [3.05, 3.63) is 0 Å². The van der Waals surface area contributed by atoms with E-state index in [4.69, 9.17) is 10.7 Å². The van der Waals surface area contributed by atoms with Crippen molar-refractivity contribution in [1.82, 2.24) is 10.6 Å². The molecular formula is C8H15ClN2O2S. The molecule has 3 atom stereocenters. The van der Waals surface area contributed by atoms with Crippen LogP contribution in [-0.2, 0) is 15.2 Å². The summed E-state index contributed by atoms with van der Waals surface area (Å²) in [6, 6.07) is -0.370. The van der Waals surface area contributed by atoms with Crippen LogP contribution >= 0.6 is 10.7 Å². The van der Waals surface area contributed by atoms with Gasteiger partial charge in [0.2, 0.25) is 11.3 Å². The van der Waals surface area contributed by atoms with E-state index in [0.29, 0.717) is 0 Å². The number of rotatable bonds is 6. The number of nitrogens with one attached hydrogen (secondary N) is 2. The molecule has 1 heterocycles. The van der Waals surface area contributed by atoms with Gasteiger partial charge in [-0.15, -0.1) is 0 Å². The van der Waals surface area contributed by atoms with Crippen molar-refractivity contribution in [3.63, 3.8) is 0 Å². The van der Waals surface area contributed by atoms with Gasteiger partial charge in [0.1, 0.15) is 0 Å². The molecule has 0 spiro atoms. The fraction of sp³-hybridized carbons (Fsp3) is 0.875. The maximum absolute atomic E-state index is 11.0. The molecule has 82 valence electrons. The standard InChI is InChI=1S/C8H15ClN2O2S/c1-2-3-4-5-10-6-7(12)11-8(6)14(9)13/h6,8,10H,2-5H2,1H3,(H,11,12). The Bertz CT molecular complexity index is 204. The van der Waals surface area contributed by atoms with E-state index in [2.05, 4.69) is 17.6 Å². The molecule has 0 aromatic rings. The topological polar surface area (TPSA) is 64.2 Å². The molecule has 1 saturated heterocycles. The maximum atomic E-state index is 11.0. The molecule has 1 fully saturated rings. The van der Waals surface area contributed by atoms with E-state index in [1.54, 1.807) is 0 Å². The minimum Gasteiger partial charge on any atom is -0.597 e. The summed E-state index contributed by atoms with van der Waals surface area (Å²) < 4.78 is 10.9. The molecule has 3 unspecified atom stereocenters. The maximum Gasteiger partial charge on any atom is 0.248 e. The second kappa shape index (κ2) is 5.80. The van der Waals surface area contributed by atoms with E-state index in [9.17, 15) is 9.35 Å². The van der Waals surface area contributed by atoms with E-state index in [1.165, 1.54) is 0 Å². The lowest BCUT2D eigenvalue weighted by atomic mass is 10.1. The second-order valence-corrected chi connectivity index (χ2v) is 5.23. The Morgan fingerprint density at radius 1 is 1.64 bits per heavy atom. The Morgan fingerprint density at radius 2 is 2.36 bits per heavy atom. The van der Waals surface area contributed by atoms with Crippen molar-refractivity contribution < 1.29 is 9.35 Å². The van der Waals surface area contributed by atoms with Crippen LogP contribution in [-0.4, -0.2) is 28.4 Å². The van der Waals surface area contributed by atoms with E-state index in [0.717, 1.165) is 25.8 Å². The summed E-state index contributed by atoms with van der Waals surface area (Å²) in [4.78, 5) is 11.0. The van der Waals surface area contributed by atoms with Gasteiger partial charge in [-0.2, -0.15) is 0 Å². The smallest absolute Gasteiger partial charge is 0.248 e. The molecule has 1 aliphatic heterocycles. The highest BCUT2D eigenvalue weighted by atomic mass is 35.7. The van der Waals surface area contributed by atoms with Crippen molar-refractivity contribution in [3.8, 4) is 0 Å². The van der Waals surface area contributed by atoms with Crippen LogP contribution in [0.3, 0.4) is 0 Å². The Hall–Kier alpha value is 0.0300. The molecule has 0 saturated carbocycles. The molecule has 6 heteroatoms. The lowest BCUT2D eigenvalue weighted by Crippen LogP contribution is -2.70. The minimum absolute atomic E-state index is 0.111. The van der Waals surface area contributed by atoms with Crippen LogP contribution < -0.4 is 10.6 Å². The van der Waals surface area contributed by atoms with Crippen molar-refractivity contribution >= 4 is 27.0 Å². The third-order valence-electron chi connectivity index (χ3n) is 2.21. The number of unbranched alkanes of at least 4 members (excludes halogenated alkanes) is 2. The predicted molar refractivity (Wildman–Crippen MR) is 57.2 cm³/mol. The van der Waals surface area contributed by atoms with Gasteiger partial charge in [0.05, 0.1) is 10.4 Å².